The molecule has 20 heavy (non-hydrogen) atoms. The first kappa shape index (κ1) is 16.5. The molecule has 0 saturated heterocycles. The zero-order valence-electron chi connectivity index (χ0n) is 11.5. The van der Waals surface area contributed by atoms with Gasteiger partial charge in [0.1, 0.15) is 6.04 Å². The van der Waals surface area contributed by atoms with Gasteiger partial charge in [0.2, 0.25) is 0 Å². The second-order valence-corrected chi connectivity index (χ2v) is 4.96. The van der Waals surface area contributed by atoms with Crippen molar-refractivity contribution >= 4 is 21.9 Å². The van der Waals surface area contributed by atoms with E-state index >= 15 is 0 Å². The van der Waals surface area contributed by atoms with Crippen LogP contribution in [0.3, 0.4) is 0 Å². The van der Waals surface area contributed by atoms with Crippen molar-refractivity contribution in [1.82, 2.24) is 5.32 Å². The minimum atomic E-state index is -0.560. The van der Waals surface area contributed by atoms with Crippen molar-refractivity contribution in [3.8, 4) is 0 Å². The molecule has 0 amide bonds. The maximum absolute atomic E-state index is 12.0. The summed E-state index contributed by atoms with van der Waals surface area (Å²) >= 11 is 3.43. The second-order valence-electron chi connectivity index (χ2n) is 4.10. The molecule has 1 N–H and O–H groups in total. The highest BCUT2D eigenvalue weighted by atomic mass is 79.9. The maximum Gasteiger partial charge on any atom is 0.327 e. The lowest BCUT2D eigenvalue weighted by Crippen LogP contribution is -2.32. The molecular formula is C13H17BrN4O2. The number of azide groups is 1. The summed E-state index contributed by atoms with van der Waals surface area (Å²) in [6.45, 7) is 4.73. The van der Waals surface area contributed by atoms with Crippen molar-refractivity contribution in [3.63, 3.8) is 0 Å². The fourth-order valence-electron chi connectivity index (χ4n) is 1.71. The van der Waals surface area contributed by atoms with Crippen LogP contribution in [0.2, 0.25) is 0 Å². The lowest BCUT2D eigenvalue weighted by atomic mass is 10.0. The fourth-order valence-corrected chi connectivity index (χ4v) is 1.96. The number of carbonyl (C=O) groups excluding carboxylic acids is 1. The normalized spacial score (nSPS) is 11.6. The number of ether oxygens (including phenoxy) is 1. The van der Waals surface area contributed by atoms with Crippen LogP contribution in [-0.2, 0) is 9.53 Å². The Bertz CT molecular complexity index is 515. The topological polar surface area (TPSA) is 87.1 Å². The number of benzene rings is 1. The highest BCUT2D eigenvalue weighted by Crippen LogP contribution is 2.22. The summed E-state index contributed by atoms with van der Waals surface area (Å²) in [5.41, 5.74) is 10.1. The molecule has 0 bridgehead atoms. The molecule has 0 aliphatic carbocycles. The molecular weight excluding hydrogens is 324 g/mol. The Balaban J connectivity index is 2.87. The van der Waals surface area contributed by atoms with Crippen LogP contribution >= 0.6 is 15.9 Å². The van der Waals surface area contributed by atoms with Crippen molar-refractivity contribution < 1.29 is 9.53 Å². The zero-order valence-corrected chi connectivity index (χ0v) is 13.1. The van der Waals surface area contributed by atoms with Gasteiger partial charge in [0.15, 0.2) is 0 Å². The van der Waals surface area contributed by atoms with Gasteiger partial charge in [-0.1, -0.05) is 33.2 Å². The number of halogens is 1. The molecule has 0 saturated carbocycles. The molecule has 0 aromatic heterocycles. The fraction of sp³-hybridized carbons (Fsp3) is 0.462. The van der Waals surface area contributed by atoms with E-state index in [2.05, 4.69) is 31.3 Å². The van der Waals surface area contributed by atoms with Crippen LogP contribution in [0, 0.1) is 6.92 Å². The molecule has 0 aliphatic heterocycles. The van der Waals surface area contributed by atoms with Crippen LogP contribution in [0.1, 0.15) is 24.1 Å². The van der Waals surface area contributed by atoms with Crippen LogP contribution in [0.15, 0.2) is 27.8 Å². The quantitative estimate of drug-likeness (QED) is 0.271. The van der Waals surface area contributed by atoms with Gasteiger partial charge in [-0.3, -0.25) is 0 Å². The summed E-state index contributed by atoms with van der Waals surface area (Å²) in [7, 11) is 0. The molecule has 0 spiro atoms. The van der Waals surface area contributed by atoms with Crippen LogP contribution in [0.5, 0.6) is 0 Å². The molecule has 0 heterocycles. The second kappa shape index (κ2) is 8.58. The van der Waals surface area contributed by atoms with E-state index in [9.17, 15) is 4.79 Å². The molecule has 1 unspecified atom stereocenters. The Morgan fingerprint density at radius 3 is 2.95 bits per heavy atom. The monoisotopic (exact) mass is 340 g/mol. The third-order valence-corrected chi connectivity index (χ3v) is 3.55. The van der Waals surface area contributed by atoms with Gasteiger partial charge < -0.3 is 10.1 Å². The number of rotatable bonds is 7. The average molecular weight is 341 g/mol. The molecule has 1 atom stereocenters. The van der Waals surface area contributed by atoms with Crippen LogP contribution in [0.25, 0.3) is 10.4 Å². The summed E-state index contributed by atoms with van der Waals surface area (Å²) in [5.74, 6) is -0.338. The molecule has 7 heteroatoms. The highest BCUT2D eigenvalue weighted by molar-refractivity contribution is 9.10. The molecule has 0 aliphatic rings. The molecule has 1 rings (SSSR count). The van der Waals surface area contributed by atoms with Gasteiger partial charge in [0.25, 0.3) is 0 Å². The number of hydrogen-bond acceptors (Lipinski definition) is 4. The van der Waals surface area contributed by atoms with Crippen molar-refractivity contribution in [1.29, 1.82) is 0 Å². The first-order valence-corrected chi connectivity index (χ1v) is 7.06. The Morgan fingerprint density at radius 2 is 2.35 bits per heavy atom. The predicted molar refractivity (Wildman–Crippen MR) is 80.3 cm³/mol. The first-order chi connectivity index (χ1) is 9.60. The minimum Gasteiger partial charge on any atom is -0.465 e. The lowest BCUT2D eigenvalue weighted by molar-refractivity contribution is -0.145. The standard InChI is InChI=1S/C13H17BrN4O2/c1-3-20-13(19)12(16-6-7-17-18-15)10-4-5-11(14)9(2)8-10/h4-5,8,12,16H,3,6-7H2,1-2H3. The molecule has 1 aromatic rings. The predicted octanol–water partition coefficient (Wildman–Crippen LogP) is 3.26. The number of aryl methyl sites for hydroxylation is 1. The number of hydrogen-bond donors (Lipinski definition) is 1. The smallest absolute Gasteiger partial charge is 0.327 e. The van der Waals surface area contributed by atoms with Crippen molar-refractivity contribution in [2.75, 3.05) is 19.7 Å². The number of esters is 1. The zero-order chi connectivity index (χ0) is 15.0. The number of nitrogens with zero attached hydrogens (tertiary/aromatic N) is 3. The van der Waals surface area contributed by atoms with E-state index in [4.69, 9.17) is 10.3 Å². The van der Waals surface area contributed by atoms with E-state index in [1.54, 1.807) is 6.92 Å². The largest absolute Gasteiger partial charge is 0.465 e. The van der Waals surface area contributed by atoms with E-state index in [0.29, 0.717) is 13.2 Å². The van der Waals surface area contributed by atoms with Gasteiger partial charge in [0.05, 0.1) is 6.61 Å². The van der Waals surface area contributed by atoms with Gasteiger partial charge in [-0.15, -0.1) is 0 Å². The van der Waals surface area contributed by atoms with E-state index in [1.165, 1.54) is 0 Å². The van der Waals surface area contributed by atoms with Gasteiger partial charge in [0, 0.05) is 22.5 Å². The van der Waals surface area contributed by atoms with Gasteiger partial charge in [-0.25, -0.2) is 4.79 Å². The van der Waals surface area contributed by atoms with E-state index < -0.39 is 6.04 Å². The number of nitrogens with one attached hydrogen (secondary N) is 1. The van der Waals surface area contributed by atoms with Gasteiger partial charge >= 0.3 is 5.97 Å². The molecule has 1 aromatic carbocycles. The Hall–Kier alpha value is -1.56. The van der Waals surface area contributed by atoms with Gasteiger partial charge in [-0.2, -0.15) is 0 Å². The first-order valence-electron chi connectivity index (χ1n) is 6.27. The third-order valence-electron chi connectivity index (χ3n) is 2.66. The Morgan fingerprint density at radius 1 is 1.60 bits per heavy atom. The summed E-state index contributed by atoms with van der Waals surface area (Å²) in [5, 5.41) is 6.48. The lowest BCUT2D eigenvalue weighted by Gasteiger charge is -2.18. The van der Waals surface area contributed by atoms with Crippen molar-refractivity contribution in [2.24, 2.45) is 5.11 Å². The van der Waals surface area contributed by atoms with E-state index in [-0.39, 0.29) is 12.5 Å². The average Bonchev–Trinajstić information content (AvgIpc) is 2.42. The minimum absolute atomic E-state index is 0.280. The maximum atomic E-state index is 12.0. The van der Waals surface area contributed by atoms with Gasteiger partial charge in [-0.05, 0) is 36.6 Å². The highest BCUT2D eigenvalue weighted by Gasteiger charge is 2.21. The van der Waals surface area contributed by atoms with Crippen LogP contribution in [0.4, 0.5) is 0 Å². The summed E-state index contributed by atoms with van der Waals surface area (Å²) in [4.78, 5) is 14.7. The summed E-state index contributed by atoms with van der Waals surface area (Å²) < 4.78 is 6.05. The van der Waals surface area contributed by atoms with Crippen molar-refractivity contribution in [3.05, 3.63) is 44.2 Å². The summed E-state index contributed by atoms with van der Waals surface area (Å²) in [6.07, 6.45) is 0. The Kier molecular flexibility index (Phi) is 7.08. The SMILES string of the molecule is CCOC(=O)C(NCCN=[N+]=[N-])c1ccc(Br)c(C)c1. The van der Waals surface area contributed by atoms with E-state index in [1.807, 2.05) is 25.1 Å². The van der Waals surface area contributed by atoms with Crippen molar-refractivity contribution in [2.45, 2.75) is 19.9 Å². The van der Waals surface area contributed by atoms with Crippen LogP contribution in [-0.4, -0.2) is 25.7 Å². The van der Waals surface area contributed by atoms with E-state index in [0.717, 1.165) is 15.6 Å². The van der Waals surface area contributed by atoms with Crippen LogP contribution < -0.4 is 5.32 Å². The molecule has 108 valence electrons. The number of carbonyl (C=O) groups is 1. The molecule has 6 nitrogen and oxygen atoms in total. The third kappa shape index (κ3) is 4.85. The Labute approximate surface area is 126 Å². The molecule has 0 fully saturated rings. The molecule has 0 radical (unpaired) electrons. The summed E-state index contributed by atoms with van der Waals surface area (Å²) in [6, 6.07) is 5.12.